The van der Waals surface area contributed by atoms with Crippen molar-refractivity contribution in [3.05, 3.63) is 28.2 Å². The zero-order valence-corrected chi connectivity index (χ0v) is 14.0. The van der Waals surface area contributed by atoms with E-state index in [0.717, 1.165) is 10.9 Å². The second kappa shape index (κ2) is 7.09. The molecular formula is C15H22BrNO3. The number of amides is 1. The highest BCUT2D eigenvalue weighted by Crippen LogP contribution is 2.28. The van der Waals surface area contributed by atoms with Gasteiger partial charge in [-0.05, 0) is 45.4 Å². The van der Waals surface area contributed by atoms with E-state index >= 15 is 0 Å². The molecule has 1 atom stereocenters. The smallest absolute Gasteiger partial charge is 0.258 e. The third-order valence-electron chi connectivity index (χ3n) is 3.14. The Balaban J connectivity index is 2.68. The molecule has 0 spiro atoms. The van der Waals surface area contributed by atoms with E-state index in [-0.39, 0.29) is 18.1 Å². The van der Waals surface area contributed by atoms with Crippen molar-refractivity contribution in [3.63, 3.8) is 0 Å². The first-order valence-corrected chi connectivity index (χ1v) is 7.46. The molecule has 0 fully saturated rings. The van der Waals surface area contributed by atoms with Gasteiger partial charge >= 0.3 is 0 Å². The summed E-state index contributed by atoms with van der Waals surface area (Å²) in [6, 6.07) is 5.34. The molecule has 1 aromatic rings. The normalized spacial score (nSPS) is 12.9. The topological polar surface area (TPSA) is 58.6 Å². The van der Waals surface area contributed by atoms with Gasteiger partial charge in [-0.15, -0.1) is 0 Å². The van der Waals surface area contributed by atoms with Crippen LogP contribution in [-0.4, -0.2) is 23.2 Å². The van der Waals surface area contributed by atoms with Crippen LogP contribution in [0.15, 0.2) is 22.7 Å². The van der Waals surface area contributed by atoms with Crippen molar-refractivity contribution in [3.8, 4) is 5.75 Å². The van der Waals surface area contributed by atoms with Crippen molar-refractivity contribution in [1.29, 1.82) is 0 Å². The van der Waals surface area contributed by atoms with Crippen LogP contribution in [0.4, 0.5) is 0 Å². The number of aliphatic hydroxyl groups excluding tert-OH is 1. The quantitative estimate of drug-likeness (QED) is 0.833. The highest BCUT2D eigenvalue weighted by molar-refractivity contribution is 9.10. The molecule has 0 aliphatic heterocycles. The van der Waals surface area contributed by atoms with Gasteiger partial charge in [0.15, 0.2) is 6.61 Å². The van der Waals surface area contributed by atoms with Crippen molar-refractivity contribution >= 4 is 21.8 Å². The molecule has 0 bridgehead atoms. The fourth-order valence-electron chi connectivity index (χ4n) is 1.62. The summed E-state index contributed by atoms with van der Waals surface area (Å²) in [4.78, 5) is 11.8. The number of aliphatic hydroxyl groups is 1. The van der Waals surface area contributed by atoms with Crippen LogP contribution in [0.25, 0.3) is 0 Å². The van der Waals surface area contributed by atoms with E-state index in [1.54, 1.807) is 19.1 Å². The van der Waals surface area contributed by atoms with E-state index in [1.807, 2.05) is 26.8 Å². The summed E-state index contributed by atoms with van der Waals surface area (Å²) in [5, 5.41) is 12.6. The number of benzene rings is 1. The van der Waals surface area contributed by atoms with Gasteiger partial charge in [0.25, 0.3) is 5.91 Å². The zero-order chi connectivity index (χ0) is 15.3. The molecule has 0 radical (unpaired) electrons. The van der Waals surface area contributed by atoms with Gasteiger partial charge in [-0.25, -0.2) is 0 Å². The van der Waals surface area contributed by atoms with E-state index in [9.17, 15) is 9.90 Å². The van der Waals surface area contributed by atoms with Crippen molar-refractivity contribution in [2.75, 3.05) is 6.61 Å². The van der Waals surface area contributed by atoms with Gasteiger partial charge < -0.3 is 15.2 Å². The summed E-state index contributed by atoms with van der Waals surface area (Å²) >= 11 is 3.35. The molecule has 2 N–H and O–H groups in total. The van der Waals surface area contributed by atoms with Gasteiger partial charge in [0, 0.05) is 15.6 Å². The standard InChI is InChI=1S/C15H22BrNO3/c1-5-15(3,4)17-14(19)9-20-13-7-6-11(16)8-12(13)10(2)18/h6-8,10,18H,5,9H2,1-4H3,(H,17,19)/t10-/m0/s1. The Hall–Kier alpha value is -1.07. The SMILES string of the molecule is CCC(C)(C)NC(=O)COc1ccc(Br)cc1[C@H](C)O. The monoisotopic (exact) mass is 343 g/mol. The van der Waals surface area contributed by atoms with Crippen LogP contribution in [-0.2, 0) is 4.79 Å². The minimum absolute atomic E-state index is 0.0647. The largest absolute Gasteiger partial charge is 0.483 e. The molecule has 5 heteroatoms. The molecule has 4 nitrogen and oxygen atoms in total. The number of carbonyl (C=O) groups excluding carboxylic acids is 1. The Bertz CT molecular complexity index is 472. The third kappa shape index (κ3) is 5.13. The summed E-state index contributed by atoms with van der Waals surface area (Å²) in [7, 11) is 0. The molecule has 0 saturated heterocycles. The minimum Gasteiger partial charge on any atom is -0.483 e. The van der Waals surface area contributed by atoms with Gasteiger partial charge in [-0.1, -0.05) is 22.9 Å². The molecule has 20 heavy (non-hydrogen) atoms. The molecule has 112 valence electrons. The van der Waals surface area contributed by atoms with E-state index < -0.39 is 6.10 Å². The van der Waals surface area contributed by atoms with Crippen molar-refractivity contribution in [2.45, 2.75) is 45.8 Å². The minimum atomic E-state index is -0.655. The molecule has 1 aromatic carbocycles. The van der Waals surface area contributed by atoms with Gasteiger partial charge in [0.1, 0.15) is 5.75 Å². The van der Waals surface area contributed by atoms with E-state index in [4.69, 9.17) is 4.74 Å². The zero-order valence-electron chi connectivity index (χ0n) is 12.4. The highest BCUT2D eigenvalue weighted by Gasteiger charge is 2.18. The fourth-order valence-corrected chi connectivity index (χ4v) is 2.00. The highest BCUT2D eigenvalue weighted by atomic mass is 79.9. The first-order valence-electron chi connectivity index (χ1n) is 6.66. The maximum absolute atomic E-state index is 11.8. The molecule has 0 aliphatic carbocycles. The maximum atomic E-state index is 11.8. The molecule has 1 rings (SSSR count). The van der Waals surface area contributed by atoms with E-state index in [0.29, 0.717) is 11.3 Å². The van der Waals surface area contributed by atoms with Crippen molar-refractivity contribution < 1.29 is 14.6 Å². The number of carbonyl (C=O) groups is 1. The second-order valence-corrected chi connectivity index (χ2v) is 6.35. The Morgan fingerprint density at radius 1 is 1.50 bits per heavy atom. The van der Waals surface area contributed by atoms with Gasteiger partial charge in [0.05, 0.1) is 6.10 Å². The number of hydrogen-bond donors (Lipinski definition) is 2. The molecule has 0 heterocycles. The lowest BCUT2D eigenvalue weighted by Crippen LogP contribution is -2.44. The van der Waals surface area contributed by atoms with Gasteiger partial charge in [0.2, 0.25) is 0 Å². The lowest BCUT2D eigenvalue weighted by molar-refractivity contribution is -0.124. The lowest BCUT2D eigenvalue weighted by Gasteiger charge is -2.24. The second-order valence-electron chi connectivity index (χ2n) is 5.43. The molecular weight excluding hydrogens is 322 g/mol. The summed E-state index contributed by atoms with van der Waals surface area (Å²) < 4.78 is 6.37. The number of hydrogen-bond acceptors (Lipinski definition) is 3. The molecule has 0 unspecified atom stereocenters. The summed E-state index contributed by atoms with van der Waals surface area (Å²) in [6.07, 6.45) is 0.188. The first kappa shape index (κ1) is 17.0. The average Bonchev–Trinajstić information content (AvgIpc) is 2.36. The summed E-state index contributed by atoms with van der Waals surface area (Å²) in [5.41, 5.74) is 0.412. The Morgan fingerprint density at radius 3 is 2.70 bits per heavy atom. The lowest BCUT2D eigenvalue weighted by atomic mass is 10.0. The van der Waals surface area contributed by atoms with Crippen molar-refractivity contribution in [1.82, 2.24) is 5.32 Å². The van der Waals surface area contributed by atoms with Crippen LogP contribution in [0.5, 0.6) is 5.75 Å². The third-order valence-corrected chi connectivity index (χ3v) is 3.64. The van der Waals surface area contributed by atoms with Gasteiger partial charge in [-0.2, -0.15) is 0 Å². The van der Waals surface area contributed by atoms with Crippen LogP contribution in [0.3, 0.4) is 0 Å². The number of nitrogens with one attached hydrogen (secondary N) is 1. The number of halogens is 1. The summed E-state index contributed by atoms with van der Waals surface area (Å²) in [6.45, 7) is 7.54. The Morgan fingerprint density at radius 2 is 2.15 bits per heavy atom. The number of ether oxygens (including phenoxy) is 1. The maximum Gasteiger partial charge on any atom is 0.258 e. The van der Waals surface area contributed by atoms with E-state index in [1.165, 1.54) is 0 Å². The average molecular weight is 344 g/mol. The molecule has 1 amide bonds. The van der Waals surface area contributed by atoms with Crippen LogP contribution in [0.1, 0.15) is 45.8 Å². The molecule has 0 aliphatic rings. The van der Waals surface area contributed by atoms with Gasteiger partial charge in [-0.3, -0.25) is 4.79 Å². The Labute approximate surface area is 128 Å². The van der Waals surface area contributed by atoms with E-state index in [2.05, 4.69) is 21.2 Å². The number of rotatable bonds is 6. The predicted molar refractivity (Wildman–Crippen MR) is 82.8 cm³/mol. The van der Waals surface area contributed by atoms with Crippen LogP contribution < -0.4 is 10.1 Å². The molecule has 0 aromatic heterocycles. The predicted octanol–water partition coefficient (Wildman–Crippen LogP) is 3.19. The Kier molecular flexibility index (Phi) is 6.02. The summed E-state index contributed by atoms with van der Waals surface area (Å²) in [5.74, 6) is 0.351. The van der Waals surface area contributed by atoms with Crippen LogP contribution in [0.2, 0.25) is 0 Å². The first-order chi connectivity index (χ1) is 9.25. The van der Waals surface area contributed by atoms with Crippen LogP contribution >= 0.6 is 15.9 Å². The molecule has 0 saturated carbocycles. The van der Waals surface area contributed by atoms with Crippen molar-refractivity contribution in [2.24, 2.45) is 0 Å². The van der Waals surface area contributed by atoms with Crippen LogP contribution in [0, 0.1) is 0 Å². The fraction of sp³-hybridized carbons (Fsp3) is 0.533.